The molecule has 94 valence electrons. The fourth-order valence-electron chi connectivity index (χ4n) is 1.30. The third-order valence-corrected chi connectivity index (χ3v) is 1.99. The van der Waals surface area contributed by atoms with E-state index in [1.165, 1.54) is 0 Å². The molecule has 1 aromatic carbocycles. The Labute approximate surface area is 91.0 Å². The molecular weight excluding hydrogens is 252 g/mol. The Hall–Kier alpha value is -1.73. The number of rotatable bonds is 1. The van der Waals surface area contributed by atoms with Gasteiger partial charge in [0.05, 0.1) is 16.7 Å². The van der Waals surface area contributed by atoms with Crippen LogP contribution in [0.25, 0.3) is 0 Å². The Balaban J connectivity index is 3.70. The summed E-state index contributed by atoms with van der Waals surface area (Å²) in [4.78, 5) is 10.4. The van der Waals surface area contributed by atoms with E-state index in [2.05, 4.69) is 0 Å². The topological polar surface area (TPSA) is 43.1 Å². The van der Waals surface area contributed by atoms with Gasteiger partial charge in [-0.3, -0.25) is 4.79 Å². The molecule has 0 aromatic heterocycles. The summed E-state index contributed by atoms with van der Waals surface area (Å²) >= 11 is 0. The van der Waals surface area contributed by atoms with Crippen molar-refractivity contribution in [1.82, 2.24) is 0 Å². The van der Waals surface area contributed by atoms with E-state index in [1.54, 1.807) is 0 Å². The molecule has 1 rings (SSSR count). The molecule has 17 heavy (non-hydrogen) atoms. The number of hydrogen-bond acceptors (Lipinski definition) is 2. The molecule has 2 N–H and O–H groups in total. The molecule has 2 nitrogen and oxygen atoms in total. The number of nitrogens with two attached hydrogens (primary N) is 1. The van der Waals surface area contributed by atoms with Gasteiger partial charge in [0.15, 0.2) is 6.29 Å². The van der Waals surface area contributed by atoms with E-state index >= 15 is 0 Å². The molecule has 0 heterocycles. The second-order valence-electron chi connectivity index (χ2n) is 3.10. The maximum atomic E-state index is 12.5. The van der Waals surface area contributed by atoms with Crippen LogP contribution in [-0.2, 0) is 12.4 Å². The van der Waals surface area contributed by atoms with E-state index in [9.17, 15) is 31.1 Å². The number of benzene rings is 1. The number of alkyl halides is 6. The molecule has 8 heteroatoms. The number of carbonyl (C=O) groups excluding carboxylic acids is 1. The molecule has 0 radical (unpaired) electrons. The van der Waals surface area contributed by atoms with Crippen LogP contribution in [0.15, 0.2) is 12.1 Å². The maximum Gasteiger partial charge on any atom is 0.417 e. The number of aldehydes is 1. The Kier molecular flexibility index (Phi) is 3.09. The number of hydrogen-bond donors (Lipinski definition) is 1. The molecule has 0 atom stereocenters. The summed E-state index contributed by atoms with van der Waals surface area (Å²) in [6.07, 6.45) is -10.9. The smallest absolute Gasteiger partial charge is 0.398 e. The Morgan fingerprint density at radius 2 is 1.53 bits per heavy atom. The standard InChI is InChI=1S/C9H5F6NO/c10-8(11,12)5-1-2-6(16)4(3-17)7(5)9(13,14)15/h1-3H,16H2. The summed E-state index contributed by atoms with van der Waals surface area (Å²) in [6, 6.07) is 0.812. The molecule has 0 fully saturated rings. The van der Waals surface area contributed by atoms with Crippen LogP contribution in [0.2, 0.25) is 0 Å². The summed E-state index contributed by atoms with van der Waals surface area (Å²) < 4.78 is 74.6. The highest BCUT2D eigenvalue weighted by atomic mass is 19.4. The van der Waals surface area contributed by atoms with Crippen molar-refractivity contribution >= 4 is 12.0 Å². The van der Waals surface area contributed by atoms with Gasteiger partial charge in [-0.15, -0.1) is 0 Å². The quantitative estimate of drug-likeness (QED) is 0.477. The maximum absolute atomic E-state index is 12.5. The lowest BCUT2D eigenvalue weighted by molar-refractivity contribution is -0.162. The van der Waals surface area contributed by atoms with Gasteiger partial charge in [0.1, 0.15) is 0 Å². The minimum Gasteiger partial charge on any atom is -0.398 e. The molecule has 0 aliphatic rings. The van der Waals surface area contributed by atoms with Gasteiger partial charge >= 0.3 is 12.4 Å². The van der Waals surface area contributed by atoms with Gasteiger partial charge < -0.3 is 5.73 Å². The number of halogens is 6. The third-order valence-electron chi connectivity index (χ3n) is 1.99. The zero-order valence-corrected chi connectivity index (χ0v) is 7.99. The van der Waals surface area contributed by atoms with Gasteiger partial charge in [-0.05, 0) is 12.1 Å². The Morgan fingerprint density at radius 1 is 1.00 bits per heavy atom. The van der Waals surface area contributed by atoms with Crippen LogP contribution in [0.5, 0.6) is 0 Å². The fraction of sp³-hybridized carbons (Fsp3) is 0.222. The van der Waals surface area contributed by atoms with Crippen molar-refractivity contribution in [3.8, 4) is 0 Å². The average molecular weight is 257 g/mol. The molecule has 1 aromatic rings. The van der Waals surface area contributed by atoms with Gasteiger partial charge in [0.2, 0.25) is 0 Å². The molecule has 0 aliphatic carbocycles. The molecule has 0 bridgehead atoms. The molecule has 0 unspecified atom stereocenters. The zero-order valence-electron chi connectivity index (χ0n) is 7.99. The lowest BCUT2D eigenvalue weighted by atomic mass is 9.99. The van der Waals surface area contributed by atoms with Gasteiger partial charge in [-0.25, -0.2) is 0 Å². The number of nitrogen functional groups attached to an aromatic ring is 1. The summed E-state index contributed by atoms with van der Waals surface area (Å²) in [5.74, 6) is 0. The van der Waals surface area contributed by atoms with Crippen LogP contribution in [0, 0.1) is 0 Å². The van der Waals surface area contributed by atoms with Crippen molar-refractivity contribution in [1.29, 1.82) is 0 Å². The zero-order chi connectivity index (χ0) is 13.4. The first kappa shape index (κ1) is 13.3. The predicted octanol–water partition coefficient (Wildman–Crippen LogP) is 3.12. The van der Waals surface area contributed by atoms with E-state index in [0.29, 0.717) is 6.07 Å². The average Bonchev–Trinajstić information content (AvgIpc) is 2.13. The summed E-state index contributed by atoms with van der Waals surface area (Å²) in [7, 11) is 0. The minimum atomic E-state index is -5.31. The normalized spacial score (nSPS) is 12.6. The van der Waals surface area contributed by atoms with Crippen LogP contribution in [0.1, 0.15) is 21.5 Å². The molecule has 0 amide bonds. The van der Waals surface area contributed by atoms with E-state index < -0.39 is 34.7 Å². The highest BCUT2D eigenvalue weighted by molar-refractivity contribution is 5.86. The summed E-state index contributed by atoms with van der Waals surface area (Å²) in [5, 5.41) is 0. The van der Waals surface area contributed by atoms with Crippen molar-refractivity contribution in [2.45, 2.75) is 12.4 Å². The van der Waals surface area contributed by atoms with E-state index in [4.69, 9.17) is 5.73 Å². The van der Waals surface area contributed by atoms with Gasteiger partial charge in [-0.1, -0.05) is 0 Å². The first-order chi connectivity index (χ1) is 7.59. The van der Waals surface area contributed by atoms with Gasteiger partial charge in [0.25, 0.3) is 0 Å². The van der Waals surface area contributed by atoms with Crippen LogP contribution in [0.3, 0.4) is 0 Å². The molecule has 0 aliphatic heterocycles. The first-order valence-corrected chi connectivity index (χ1v) is 4.11. The summed E-state index contributed by atoms with van der Waals surface area (Å²) in [5.41, 5.74) is -0.797. The SMILES string of the molecule is Nc1ccc(C(F)(F)F)c(C(F)(F)F)c1C=O. The van der Waals surface area contributed by atoms with Crippen LogP contribution in [0.4, 0.5) is 32.0 Å². The van der Waals surface area contributed by atoms with Gasteiger partial charge in [0, 0.05) is 5.69 Å². The van der Waals surface area contributed by atoms with Crippen molar-refractivity contribution < 1.29 is 31.1 Å². The van der Waals surface area contributed by atoms with Crippen molar-refractivity contribution in [3.05, 3.63) is 28.8 Å². The number of anilines is 1. The Morgan fingerprint density at radius 3 is 1.88 bits per heavy atom. The van der Waals surface area contributed by atoms with E-state index in [1.807, 2.05) is 0 Å². The second-order valence-corrected chi connectivity index (χ2v) is 3.10. The largest absolute Gasteiger partial charge is 0.417 e. The summed E-state index contributed by atoms with van der Waals surface area (Å²) in [6.45, 7) is 0. The molecule has 0 saturated carbocycles. The highest BCUT2D eigenvalue weighted by Crippen LogP contribution is 2.42. The lowest BCUT2D eigenvalue weighted by Gasteiger charge is -2.18. The predicted molar refractivity (Wildman–Crippen MR) is 46.2 cm³/mol. The van der Waals surface area contributed by atoms with E-state index in [-0.39, 0.29) is 12.4 Å². The lowest BCUT2D eigenvalue weighted by Crippen LogP contribution is -2.20. The van der Waals surface area contributed by atoms with Crippen LogP contribution in [-0.4, -0.2) is 6.29 Å². The van der Waals surface area contributed by atoms with Crippen molar-refractivity contribution in [2.75, 3.05) is 5.73 Å². The fourth-order valence-corrected chi connectivity index (χ4v) is 1.30. The number of carbonyl (C=O) groups is 1. The van der Waals surface area contributed by atoms with Gasteiger partial charge in [-0.2, -0.15) is 26.3 Å². The molecule has 0 spiro atoms. The van der Waals surface area contributed by atoms with Crippen LogP contribution >= 0.6 is 0 Å². The highest BCUT2D eigenvalue weighted by Gasteiger charge is 2.45. The van der Waals surface area contributed by atoms with Crippen molar-refractivity contribution in [2.24, 2.45) is 0 Å². The minimum absolute atomic E-state index is 0.200. The monoisotopic (exact) mass is 257 g/mol. The Bertz CT molecular complexity index is 448. The third kappa shape index (κ3) is 2.51. The first-order valence-electron chi connectivity index (χ1n) is 4.11. The molecular formula is C9H5F6NO. The van der Waals surface area contributed by atoms with E-state index in [0.717, 1.165) is 0 Å². The van der Waals surface area contributed by atoms with Crippen LogP contribution < -0.4 is 5.73 Å². The second kappa shape index (κ2) is 3.94. The van der Waals surface area contributed by atoms with Crippen molar-refractivity contribution in [3.63, 3.8) is 0 Å². The molecule has 0 saturated heterocycles.